The largest absolute Gasteiger partial charge is 0.508 e. The third kappa shape index (κ3) is 2.95. The molecule has 2 aromatic carbocycles. The minimum absolute atomic E-state index is 0.148. The van der Waals surface area contributed by atoms with E-state index in [0.717, 1.165) is 12.1 Å². The van der Waals surface area contributed by atoms with Crippen LogP contribution in [0.15, 0.2) is 46.6 Å². The first-order chi connectivity index (χ1) is 11.9. The van der Waals surface area contributed by atoms with Crippen molar-refractivity contribution in [1.29, 1.82) is 0 Å². The van der Waals surface area contributed by atoms with Crippen LogP contribution in [-0.2, 0) is 0 Å². The second-order valence-electron chi connectivity index (χ2n) is 5.02. The van der Waals surface area contributed by atoms with Gasteiger partial charge < -0.3 is 20.3 Å². The Kier molecular flexibility index (Phi) is 3.77. The van der Waals surface area contributed by atoms with Crippen LogP contribution < -0.4 is 0 Å². The van der Waals surface area contributed by atoms with Crippen LogP contribution in [0.3, 0.4) is 0 Å². The van der Waals surface area contributed by atoms with E-state index in [9.17, 15) is 30.2 Å². The SMILES string of the molecule is O=C(N=Nc1c(O)[nH]c2ccc([N+](=O)[O-])cc12)c1ccc(O)cc1O. The fourth-order valence-corrected chi connectivity index (χ4v) is 2.22. The van der Waals surface area contributed by atoms with Crippen LogP contribution >= 0.6 is 0 Å². The van der Waals surface area contributed by atoms with E-state index in [1.807, 2.05) is 0 Å². The maximum absolute atomic E-state index is 12.0. The summed E-state index contributed by atoms with van der Waals surface area (Å²) in [5.74, 6) is -2.05. The van der Waals surface area contributed by atoms with Gasteiger partial charge in [-0.25, -0.2) is 0 Å². The number of aromatic amines is 1. The van der Waals surface area contributed by atoms with Gasteiger partial charge in [0.15, 0.2) is 5.69 Å². The van der Waals surface area contributed by atoms with Crippen LogP contribution in [0.4, 0.5) is 11.4 Å². The molecule has 25 heavy (non-hydrogen) atoms. The molecule has 1 aromatic heterocycles. The Morgan fingerprint density at radius 1 is 1.12 bits per heavy atom. The van der Waals surface area contributed by atoms with Crippen LogP contribution in [0.1, 0.15) is 10.4 Å². The van der Waals surface area contributed by atoms with Crippen molar-refractivity contribution in [1.82, 2.24) is 4.98 Å². The minimum Gasteiger partial charge on any atom is -0.508 e. The lowest BCUT2D eigenvalue weighted by Crippen LogP contribution is -1.93. The first kappa shape index (κ1) is 15.9. The van der Waals surface area contributed by atoms with Gasteiger partial charge in [0.25, 0.3) is 11.6 Å². The van der Waals surface area contributed by atoms with E-state index in [2.05, 4.69) is 15.2 Å². The van der Waals surface area contributed by atoms with Gasteiger partial charge in [0.2, 0.25) is 5.88 Å². The van der Waals surface area contributed by atoms with Gasteiger partial charge in [-0.3, -0.25) is 14.9 Å². The zero-order chi connectivity index (χ0) is 18.1. The molecule has 3 rings (SSSR count). The molecule has 1 amide bonds. The number of phenols is 2. The molecule has 0 saturated carbocycles. The number of fused-ring (bicyclic) bond motifs is 1. The van der Waals surface area contributed by atoms with Gasteiger partial charge in [-0.1, -0.05) is 0 Å². The maximum Gasteiger partial charge on any atom is 0.299 e. The lowest BCUT2D eigenvalue weighted by molar-refractivity contribution is -0.384. The first-order valence-electron chi connectivity index (χ1n) is 6.84. The molecule has 0 atom stereocenters. The number of carbonyl (C=O) groups excluding carboxylic acids is 1. The van der Waals surface area contributed by atoms with Gasteiger partial charge >= 0.3 is 0 Å². The van der Waals surface area contributed by atoms with Crippen molar-refractivity contribution in [2.24, 2.45) is 10.2 Å². The third-order valence-corrected chi connectivity index (χ3v) is 3.40. The predicted molar refractivity (Wildman–Crippen MR) is 85.2 cm³/mol. The summed E-state index contributed by atoms with van der Waals surface area (Å²) in [4.78, 5) is 24.8. The van der Waals surface area contributed by atoms with E-state index in [-0.39, 0.29) is 28.1 Å². The number of azo groups is 1. The number of nitro groups is 1. The first-order valence-corrected chi connectivity index (χ1v) is 6.84. The van der Waals surface area contributed by atoms with Gasteiger partial charge in [0, 0.05) is 23.6 Å². The number of aromatic hydroxyl groups is 3. The maximum atomic E-state index is 12.0. The number of nitrogens with one attached hydrogen (secondary N) is 1. The quantitative estimate of drug-likeness (QED) is 0.325. The molecule has 0 spiro atoms. The molecule has 0 aliphatic heterocycles. The molecule has 10 nitrogen and oxygen atoms in total. The van der Waals surface area contributed by atoms with Gasteiger partial charge in [-0.15, -0.1) is 10.2 Å². The van der Waals surface area contributed by atoms with E-state index in [0.29, 0.717) is 5.52 Å². The summed E-state index contributed by atoms with van der Waals surface area (Å²) in [6.07, 6.45) is 0. The van der Waals surface area contributed by atoms with Crippen molar-refractivity contribution in [2.45, 2.75) is 0 Å². The number of nitrogens with zero attached hydrogens (tertiary/aromatic N) is 3. The van der Waals surface area contributed by atoms with Crippen LogP contribution in [0.2, 0.25) is 0 Å². The number of benzene rings is 2. The molecule has 0 radical (unpaired) electrons. The van der Waals surface area contributed by atoms with Crippen LogP contribution in [0.5, 0.6) is 17.4 Å². The Morgan fingerprint density at radius 2 is 1.88 bits per heavy atom. The number of amides is 1. The fourth-order valence-electron chi connectivity index (χ4n) is 2.22. The highest BCUT2D eigenvalue weighted by Crippen LogP contribution is 2.37. The fraction of sp³-hybridized carbons (Fsp3) is 0. The number of phenolic OH excluding ortho intramolecular Hbond substituents is 2. The van der Waals surface area contributed by atoms with Crippen LogP contribution in [0.25, 0.3) is 10.9 Å². The summed E-state index contributed by atoms with van der Waals surface area (Å²) >= 11 is 0. The Bertz CT molecular complexity index is 1040. The average molecular weight is 342 g/mol. The molecule has 4 N–H and O–H groups in total. The lowest BCUT2D eigenvalue weighted by atomic mass is 10.2. The summed E-state index contributed by atoms with van der Waals surface area (Å²) in [6.45, 7) is 0. The molecule has 0 aliphatic rings. The number of rotatable bonds is 3. The van der Waals surface area contributed by atoms with E-state index in [1.165, 1.54) is 24.3 Å². The molecule has 0 aliphatic carbocycles. The van der Waals surface area contributed by atoms with Crippen LogP contribution in [0, 0.1) is 10.1 Å². The molecule has 10 heteroatoms. The summed E-state index contributed by atoms with van der Waals surface area (Å²) in [5.41, 5.74) is -0.195. The second kappa shape index (κ2) is 5.92. The minimum atomic E-state index is -0.920. The number of non-ortho nitro benzene ring substituents is 1. The number of aromatic nitrogens is 1. The van der Waals surface area contributed by atoms with Gasteiger partial charge in [0.1, 0.15) is 11.5 Å². The monoisotopic (exact) mass is 342 g/mol. The highest BCUT2D eigenvalue weighted by Gasteiger charge is 2.16. The van der Waals surface area contributed by atoms with Crippen molar-refractivity contribution in [3.05, 3.63) is 52.1 Å². The summed E-state index contributed by atoms with van der Waals surface area (Å²) < 4.78 is 0. The van der Waals surface area contributed by atoms with E-state index in [4.69, 9.17) is 0 Å². The molecule has 0 bridgehead atoms. The molecular weight excluding hydrogens is 332 g/mol. The van der Waals surface area contributed by atoms with Gasteiger partial charge in [-0.05, 0) is 18.2 Å². The Balaban J connectivity index is 2.00. The van der Waals surface area contributed by atoms with Crippen molar-refractivity contribution in [3.63, 3.8) is 0 Å². The third-order valence-electron chi connectivity index (χ3n) is 3.40. The Hall–Kier alpha value is -3.95. The van der Waals surface area contributed by atoms with Crippen molar-refractivity contribution >= 4 is 28.2 Å². The zero-order valence-corrected chi connectivity index (χ0v) is 12.4. The van der Waals surface area contributed by atoms with Crippen LogP contribution in [-0.4, -0.2) is 31.1 Å². The van der Waals surface area contributed by atoms with Gasteiger partial charge in [0.05, 0.1) is 16.0 Å². The molecule has 1 heterocycles. The van der Waals surface area contributed by atoms with Crippen molar-refractivity contribution < 1.29 is 25.0 Å². The second-order valence-corrected chi connectivity index (χ2v) is 5.02. The number of H-pyrrole nitrogens is 1. The lowest BCUT2D eigenvalue weighted by Gasteiger charge is -1.99. The highest BCUT2D eigenvalue weighted by molar-refractivity contribution is 5.99. The zero-order valence-electron chi connectivity index (χ0n) is 12.4. The normalized spacial score (nSPS) is 11.2. The van der Waals surface area contributed by atoms with Gasteiger partial charge in [-0.2, -0.15) is 0 Å². The molecule has 0 saturated heterocycles. The smallest absolute Gasteiger partial charge is 0.299 e. The summed E-state index contributed by atoms with van der Waals surface area (Å²) in [5, 5.41) is 46.8. The summed E-state index contributed by atoms with van der Waals surface area (Å²) in [6, 6.07) is 7.14. The Labute approximate surface area is 138 Å². The van der Waals surface area contributed by atoms with E-state index >= 15 is 0 Å². The number of hydrogen-bond donors (Lipinski definition) is 4. The standard InChI is InChI=1S/C15H10N4O6/c20-8-2-3-9(12(21)6-8)14(22)18-17-13-10-5-7(19(24)25)1-4-11(10)16-15(13)23/h1-6,16,20-21,23H. The molecular formula is C15H10N4O6. The average Bonchev–Trinajstić information content (AvgIpc) is 2.87. The van der Waals surface area contributed by atoms with E-state index in [1.54, 1.807) is 0 Å². The molecule has 126 valence electrons. The molecule has 3 aromatic rings. The Morgan fingerprint density at radius 3 is 2.56 bits per heavy atom. The van der Waals surface area contributed by atoms with E-state index < -0.39 is 22.5 Å². The molecule has 0 fully saturated rings. The number of carbonyl (C=O) groups is 1. The summed E-state index contributed by atoms with van der Waals surface area (Å²) in [7, 11) is 0. The van der Waals surface area contributed by atoms with Crippen molar-refractivity contribution in [2.75, 3.05) is 0 Å². The van der Waals surface area contributed by atoms with Crippen molar-refractivity contribution in [3.8, 4) is 17.4 Å². The number of nitro benzene ring substituents is 1. The number of hydrogen-bond acceptors (Lipinski definition) is 7. The predicted octanol–water partition coefficient (Wildman–Crippen LogP) is 3.12. The topological polar surface area (TPSA) is 161 Å². The highest BCUT2D eigenvalue weighted by atomic mass is 16.6. The molecule has 0 unspecified atom stereocenters.